The van der Waals surface area contributed by atoms with Gasteiger partial charge in [-0.05, 0) is 29.9 Å². The van der Waals surface area contributed by atoms with Crippen molar-refractivity contribution in [2.75, 3.05) is 5.75 Å². The van der Waals surface area contributed by atoms with Gasteiger partial charge in [-0.25, -0.2) is 4.79 Å². The van der Waals surface area contributed by atoms with Gasteiger partial charge in [0.25, 0.3) is 11.7 Å². The predicted molar refractivity (Wildman–Crippen MR) is 241 cm³/mol. The minimum atomic E-state index is -2.30. The van der Waals surface area contributed by atoms with Crippen molar-refractivity contribution in [2.24, 2.45) is 5.92 Å². The van der Waals surface area contributed by atoms with Crippen LogP contribution in [0.2, 0.25) is 0 Å². The van der Waals surface area contributed by atoms with Crippen LogP contribution in [-0.2, 0) is 57.5 Å². The molecule has 23 heteroatoms. The van der Waals surface area contributed by atoms with Gasteiger partial charge in [0.1, 0.15) is 30.2 Å². The van der Waals surface area contributed by atoms with Crippen molar-refractivity contribution >= 4 is 83.5 Å². The zero-order chi connectivity index (χ0) is 50.5. The van der Waals surface area contributed by atoms with E-state index < -0.39 is 151 Å². The van der Waals surface area contributed by atoms with Crippen LogP contribution in [0.15, 0.2) is 60.7 Å². The van der Waals surface area contributed by atoms with Crippen LogP contribution >= 0.6 is 12.6 Å². The summed E-state index contributed by atoms with van der Waals surface area (Å²) in [7, 11) is 0. The number of carbonyl (C=O) groups is 12. The molecule has 0 saturated heterocycles. The molecule has 10 N–H and O–H groups in total. The molecule has 0 spiro atoms. The van der Waals surface area contributed by atoms with Gasteiger partial charge in [-0.1, -0.05) is 92.8 Å². The lowest BCUT2D eigenvalue weighted by Crippen LogP contribution is -2.62. The maximum atomic E-state index is 14.9. The molecule has 0 unspecified atom stereocenters. The number of aliphatic carboxylic acids is 4. The van der Waals surface area contributed by atoms with Crippen molar-refractivity contribution < 1.29 is 78.0 Å². The van der Waals surface area contributed by atoms with Gasteiger partial charge in [-0.15, -0.1) is 0 Å². The number of thiol groups is 1. The third-order valence-electron chi connectivity index (χ3n) is 11.0. The van der Waals surface area contributed by atoms with Gasteiger partial charge in [0, 0.05) is 31.4 Å². The molecule has 368 valence electrons. The number of carboxylic acid groups (broad SMARTS) is 4. The second-order valence-electron chi connectivity index (χ2n) is 16.1. The standard InChI is InChI=1S/C45H56N6O16S/c1-24(52)46-30(22-35(58)59)42(63)50-37(32(53)18-20-34(56)57)43(64)51-38(36(26-13-7-3-8-14-26)27-15-9-4-10-16-27)44(65)47-28(17-19-33(54)55)40(61)48-29(21-25-11-5-2-6-12-25)41(62)49-31(23-68)39(60)45(66)67/h3-4,7-10,13-16,25,28-31,36-38,68H,2,5-6,11-12,17-23H2,1H3,(H,46,52)(H,47,65)(H,48,61)(H,49,62)(H,50,63)(H,51,64)(H,54,55)(H,56,57)(H,58,59)(H,66,67)/t28-,29-,30-,31-,37+,38-/m0/s1. The van der Waals surface area contributed by atoms with Crippen LogP contribution in [0.25, 0.3) is 0 Å². The van der Waals surface area contributed by atoms with E-state index in [4.69, 9.17) is 0 Å². The number of ketones is 2. The maximum absolute atomic E-state index is 14.9. The number of nitrogens with one attached hydrogen (secondary N) is 6. The summed E-state index contributed by atoms with van der Waals surface area (Å²) in [6, 6.07) is 5.29. The number of rotatable bonds is 28. The van der Waals surface area contributed by atoms with Gasteiger partial charge in [-0.3, -0.25) is 52.7 Å². The molecule has 0 heterocycles. The Morgan fingerprint density at radius 1 is 0.559 bits per heavy atom. The lowest BCUT2D eigenvalue weighted by molar-refractivity contribution is -0.150. The number of benzene rings is 2. The molecule has 0 aliphatic heterocycles. The SMILES string of the molecule is CC(=O)N[C@@H](CC(=O)O)C(=O)N[C@H](C(=O)CCC(=O)O)C(=O)N[C@H](C(=O)N[C@@H](CCC(=O)O)C(=O)N[C@@H](CC1CCCCC1)C(=O)N[C@@H](CS)C(=O)C(=O)O)C(c1ccccc1)c1ccccc1. The van der Waals surface area contributed by atoms with Gasteiger partial charge >= 0.3 is 23.9 Å². The second-order valence-corrected chi connectivity index (χ2v) is 16.5. The summed E-state index contributed by atoms with van der Waals surface area (Å²) in [5.74, 6) is -17.3. The fourth-order valence-corrected chi connectivity index (χ4v) is 7.90. The molecule has 1 aliphatic rings. The van der Waals surface area contributed by atoms with E-state index in [-0.39, 0.29) is 12.3 Å². The van der Waals surface area contributed by atoms with Crippen LogP contribution in [0.5, 0.6) is 0 Å². The van der Waals surface area contributed by atoms with Gasteiger partial charge < -0.3 is 52.3 Å². The summed E-state index contributed by atoms with van der Waals surface area (Å²) >= 11 is 3.99. The fraction of sp³-hybridized carbons (Fsp3) is 0.467. The van der Waals surface area contributed by atoms with E-state index >= 15 is 0 Å². The Morgan fingerprint density at radius 2 is 1.07 bits per heavy atom. The summed E-state index contributed by atoms with van der Waals surface area (Å²) in [4.78, 5) is 155. The monoisotopic (exact) mass is 968 g/mol. The Kier molecular flexibility index (Phi) is 22.3. The summed E-state index contributed by atoms with van der Waals surface area (Å²) in [6.45, 7) is 0.972. The highest BCUT2D eigenvalue weighted by Gasteiger charge is 2.40. The van der Waals surface area contributed by atoms with Crippen LogP contribution in [0.1, 0.15) is 94.6 Å². The van der Waals surface area contributed by atoms with E-state index in [2.05, 4.69) is 44.5 Å². The minimum Gasteiger partial charge on any atom is -0.481 e. The molecule has 6 amide bonds. The number of carbonyl (C=O) groups excluding carboxylic acids is 8. The van der Waals surface area contributed by atoms with Gasteiger partial charge in [-0.2, -0.15) is 12.6 Å². The van der Waals surface area contributed by atoms with Crippen LogP contribution < -0.4 is 31.9 Å². The van der Waals surface area contributed by atoms with Gasteiger partial charge in [0.05, 0.1) is 12.8 Å². The summed E-state index contributed by atoms with van der Waals surface area (Å²) in [5.41, 5.74) is 0.740. The van der Waals surface area contributed by atoms with Crippen molar-refractivity contribution in [1.82, 2.24) is 31.9 Å². The topological polar surface area (TPSA) is 358 Å². The van der Waals surface area contributed by atoms with Crippen LogP contribution in [0.4, 0.5) is 0 Å². The molecule has 1 aliphatic carbocycles. The Labute approximate surface area is 395 Å². The van der Waals surface area contributed by atoms with Crippen LogP contribution in [0.3, 0.4) is 0 Å². The smallest absolute Gasteiger partial charge is 0.374 e. The highest BCUT2D eigenvalue weighted by molar-refractivity contribution is 7.80. The van der Waals surface area contributed by atoms with Crippen LogP contribution in [0, 0.1) is 5.92 Å². The third kappa shape index (κ3) is 17.9. The summed E-state index contributed by atoms with van der Waals surface area (Å²) in [5, 5.41) is 51.7. The molecule has 0 radical (unpaired) electrons. The largest absolute Gasteiger partial charge is 0.481 e. The lowest BCUT2D eigenvalue weighted by Gasteiger charge is -2.32. The Bertz CT molecular complexity index is 2120. The molecule has 2 aromatic carbocycles. The molecular weight excluding hydrogens is 913 g/mol. The highest BCUT2D eigenvalue weighted by Crippen LogP contribution is 2.30. The quantitative estimate of drug-likeness (QED) is 0.0305. The normalized spacial score (nSPS) is 15.1. The second kappa shape index (κ2) is 27.5. The molecule has 3 rings (SSSR count). The van der Waals surface area contributed by atoms with Crippen molar-refractivity contribution in [2.45, 2.75) is 120 Å². The highest BCUT2D eigenvalue weighted by atomic mass is 32.1. The number of amides is 6. The minimum absolute atomic E-state index is 0.0127. The number of carboxylic acids is 4. The van der Waals surface area contributed by atoms with E-state index in [1.54, 1.807) is 60.7 Å². The van der Waals surface area contributed by atoms with Crippen molar-refractivity contribution in [3.63, 3.8) is 0 Å². The Morgan fingerprint density at radius 3 is 1.57 bits per heavy atom. The van der Waals surface area contributed by atoms with E-state index in [0.717, 1.165) is 26.2 Å². The molecule has 1 saturated carbocycles. The molecule has 22 nitrogen and oxygen atoms in total. The zero-order valence-corrected chi connectivity index (χ0v) is 37.9. The zero-order valence-electron chi connectivity index (χ0n) is 37.0. The van der Waals surface area contributed by atoms with Crippen molar-refractivity contribution in [3.8, 4) is 0 Å². The van der Waals surface area contributed by atoms with E-state index in [1.165, 1.54) is 0 Å². The Hall–Kier alpha value is -7.17. The average molecular weight is 969 g/mol. The van der Waals surface area contributed by atoms with Crippen molar-refractivity contribution in [3.05, 3.63) is 71.8 Å². The fourth-order valence-electron chi connectivity index (χ4n) is 7.65. The first-order chi connectivity index (χ1) is 32.2. The third-order valence-corrected chi connectivity index (χ3v) is 11.4. The van der Waals surface area contributed by atoms with E-state index in [1.807, 2.05) is 0 Å². The van der Waals surface area contributed by atoms with Crippen molar-refractivity contribution in [1.29, 1.82) is 0 Å². The number of hydrogen-bond donors (Lipinski definition) is 11. The molecule has 1 fully saturated rings. The van der Waals surface area contributed by atoms with Gasteiger partial charge in [0.2, 0.25) is 29.5 Å². The van der Waals surface area contributed by atoms with E-state index in [0.29, 0.717) is 24.0 Å². The Balaban J connectivity index is 2.15. The first kappa shape index (κ1) is 55.2. The average Bonchev–Trinajstić information content (AvgIpc) is 3.29. The molecular formula is C45H56N6O16S. The lowest BCUT2D eigenvalue weighted by atomic mass is 9.84. The first-order valence-electron chi connectivity index (χ1n) is 21.7. The molecule has 68 heavy (non-hydrogen) atoms. The van der Waals surface area contributed by atoms with E-state index in [9.17, 15) is 78.0 Å². The number of hydrogen-bond acceptors (Lipinski definition) is 13. The van der Waals surface area contributed by atoms with Gasteiger partial charge in [0.15, 0.2) is 11.8 Å². The first-order valence-corrected chi connectivity index (χ1v) is 22.3. The number of Topliss-reactive ketones (excluding diaryl/α,β-unsaturated/α-hetero) is 2. The predicted octanol–water partition coefficient (Wildman–Crippen LogP) is 0.0745. The van der Waals surface area contributed by atoms with Crippen LogP contribution in [-0.4, -0.2) is 133 Å². The maximum Gasteiger partial charge on any atom is 0.374 e. The summed E-state index contributed by atoms with van der Waals surface area (Å²) < 4.78 is 0. The molecule has 0 aromatic heterocycles. The molecule has 6 atom stereocenters. The molecule has 0 bridgehead atoms. The summed E-state index contributed by atoms with van der Waals surface area (Å²) in [6.07, 6.45) is -0.0955. The molecule has 2 aromatic rings.